The number of amides is 1. The quantitative estimate of drug-likeness (QED) is 0.607. The fourth-order valence-corrected chi connectivity index (χ4v) is 2.25. The van der Waals surface area contributed by atoms with Crippen molar-refractivity contribution >= 4 is 21.0 Å². The predicted molar refractivity (Wildman–Crippen MR) is 57.1 cm³/mol. The maximum absolute atomic E-state index is 11.6. The number of para-hydroxylation sites is 1. The Balaban J connectivity index is 0.000000980. The minimum absolute atomic E-state index is 0. The van der Waals surface area contributed by atoms with E-state index in [1.54, 1.807) is 0 Å². The zero-order chi connectivity index (χ0) is 9.31. The molecular formula is C10H13BrNOP. The molecule has 2 atom stereocenters. The van der Waals surface area contributed by atoms with Crippen molar-refractivity contribution in [3.05, 3.63) is 30.3 Å². The summed E-state index contributed by atoms with van der Waals surface area (Å²) in [6.07, 6.45) is 1.70. The third-order valence-electron chi connectivity index (χ3n) is 2.56. The van der Waals surface area contributed by atoms with Gasteiger partial charge in [0.2, 0.25) is 0 Å². The van der Waals surface area contributed by atoms with E-state index in [1.165, 1.54) is 0 Å². The van der Waals surface area contributed by atoms with Crippen LogP contribution in [0.1, 0.15) is 12.8 Å². The van der Waals surface area contributed by atoms with Gasteiger partial charge in [-0.2, -0.15) is 0 Å². The first kappa shape index (κ1) is 11.8. The molecule has 1 heterocycles. The molecular weight excluding hydrogens is 261 g/mol. The van der Waals surface area contributed by atoms with Crippen LogP contribution in [-0.2, 0) is 4.79 Å². The summed E-state index contributed by atoms with van der Waals surface area (Å²) < 4.78 is 0.404. The molecule has 0 aliphatic carbocycles. The van der Waals surface area contributed by atoms with Crippen LogP contribution in [0.5, 0.6) is 0 Å². The number of hydrogen-bond acceptors (Lipinski definition) is 1. The van der Waals surface area contributed by atoms with Gasteiger partial charge in [0, 0.05) is 6.42 Å². The van der Waals surface area contributed by atoms with E-state index >= 15 is 0 Å². The van der Waals surface area contributed by atoms with Crippen LogP contribution in [0.15, 0.2) is 30.3 Å². The van der Waals surface area contributed by atoms with Gasteiger partial charge in [-0.3, -0.25) is 0 Å². The van der Waals surface area contributed by atoms with Crippen LogP contribution in [0.3, 0.4) is 0 Å². The topological polar surface area (TPSA) is 17.1 Å². The maximum Gasteiger partial charge on any atom is 0.319 e. The Bertz CT molecular complexity index is 330. The molecule has 0 saturated carbocycles. The molecule has 0 radical (unpaired) electrons. The second-order valence-electron chi connectivity index (χ2n) is 3.43. The van der Waals surface area contributed by atoms with Gasteiger partial charge in [0.25, 0.3) is 0 Å². The van der Waals surface area contributed by atoms with Crippen molar-refractivity contribution in [2.75, 3.05) is 6.54 Å². The Morgan fingerprint density at radius 3 is 2.36 bits per heavy atom. The SMILES string of the molecule is O=C1CCC[N+]1(P)c1ccccc1.[Br-]. The average Bonchev–Trinajstić information content (AvgIpc) is 2.50. The van der Waals surface area contributed by atoms with Crippen molar-refractivity contribution in [3.63, 3.8) is 0 Å². The summed E-state index contributed by atoms with van der Waals surface area (Å²) in [5.74, 6) is 0.302. The highest BCUT2D eigenvalue weighted by Crippen LogP contribution is 2.34. The summed E-state index contributed by atoms with van der Waals surface area (Å²) in [5, 5.41) is 0. The lowest BCUT2D eigenvalue weighted by molar-refractivity contribution is -0.123. The number of hydrogen-bond donors (Lipinski definition) is 0. The van der Waals surface area contributed by atoms with E-state index in [0.717, 1.165) is 18.7 Å². The van der Waals surface area contributed by atoms with E-state index in [1.807, 2.05) is 30.3 Å². The number of carbonyl (C=O) groups is 1. The maximum atomic E-state index is 11.6. The molecule has 1 saturated heterocycles. The van der Waals surface area contributed by atoms with E-state index in [4.69, 9.17) is 0 Å². The Morgan fingerprint density at radius 2 is 1.86 bits per heavy atom. The van der Waals surface area contributed by atoms with Gasteiger partial charge in [-0.15, -0.1) is 0 Å². The molecule has 76 valence electrons. The summed E-state index contributed by atoms with van der Waals surface area (Å²) in [6.45, 7) is 0.910. The largest absolute Gasteiger partial charge is 1.00 e. The monoisotopic (exact) mass is 273 g/mol. The lowest BCUT2D eigenvalue weighted by atomic mass is 10.3. The Kier molecular flexibility index (Phi) is 3.82. The molecule has 1 aliphatic rings. The van der Waals surface area contributed by atoms with Crippen LogP contribution < -0.4 is 21.2 Å². The van der Waals surface area contributed by atoms with Gasteiger partial charge in [0.05, 0.1) is 22.4 Å². The molecule has 2 unspecified atom stereocenters. The van der Waals surface area contributed by atoms with E-state index in [2.05, 4.69) is 9.39 Å². The molecule has 0 spiro atoms. The summed E-state index contributed by atoms with van der Waals surface area (Å²) in [7, 11) is 2.67. The van der Waals surface area contributed by atoms with E-state index in [0.29, 0.717) is 16.6 Å². The number of nitrogens with zero attached hydrogens (tertiary/aromatic N) is 1. The normalized spacial score (nSPS) is 25.9. The van der Waals surface area contributed by atoms with Crippen LogP contribution in [0.2, 0.25) is 0 Å². The van der Waals surface area contributed by atoms with Gasteiger partial charge in [0.15, 0.2) is 0 Å². The second kappa shape index (κ2) is 4.52. The highest BCUT2D eigenvalue weighted by atomic mass is 79.9. The highest BCUT2D eigenvalue weighted by molar-refractivity contribution is 7.18. The number of quaternary nitrogens is 1. The summed E-state index contributed by atoms with van der Waals surface area (Å²) >= 11 is 0. The van der Waals surface area contributed by atoms with Crippen LogP contribution in [0.25, 0.3) is 0 Å². The molecule has 0 aromatic heterocycles. The fraction of sp³-hybridized carbons (Fsp3) is 0.300. The van der Waals surface area contributed by atoms with Crippen molar-refractivity contribution < 1.29 is 21.8 Å². The Labute approximate surface area is 96.9 Å². The number of carbonyl (C=O) groups excluding carboxylic acids is 1. The van der Waals surface area contributed by atoms with Crippen LogP contribution >= 0.6 is 9.39 Å². The molecule has 2 nitrogen and oxygen atoms in total. The number of benzene rings is 1. The van der Waals surface area contributed by atoms with Crippen molar-refractivity contribution in [1.82, 2.24) is 4.25 Å². The third kappa shape index (κ3) is 1.90. The van der Waals surface area contributed by atoms with Gasteiger partial charge >= 0.3 is 5.91 Å². The first-order valence-corrected chi connectivity index (χ1v) is 5.01. The first-order valence-electron chi connectivity index (χ1n) is 4.49. The van der Waals surface area contributed by atoms with E-state index in [9.17, 15) is 4.79 Å². The predicted octanol–water partition coefficient (Wildman–Crippen LogP) is -0.892. The molecule has 1 amide bonds. The zero-order valence-electron chi connectivity index (χ0n) is 7.82. The minimum Gasteiger partial charge on any atom is -1.00 e. The zero-order valence-corrected chi connectivity index (χ0v) is 10.6. The Morgan fingerprint density at radius 1 is 1.21 bits per heavy atom. The summed E-state index contributed by atoms with van der Waals surface area (Å²) in [6, 6.07) is 9.95. The van der Waals surface area contributed by atoms with Crippen molar-refractivity contribution in [2.45, 2.75) is 12.8 Å². The Hall–Kier alpha value is -0.240. The number of halogens is 1. The molecule has 14 heavy (non-hydrogen) atoms. The van der Waals surface area contributed by atoms with Gasteiger partial charge in [0.1, 0.15) is 5.69 Å². The molecule has 1 aromatic rings. The molecule has 0 N–H and O–H groups in total. The lowest BCUT2D eigenvalue weighted by Crippen LogP contribution is -3.00. The van der Waals surface area contributed by atoms with Gasteiger partial charge in [-0.25, -0.2) is 9.05 Å². The van der Waals surface area contributed by atoms with Gasteiger partial charge in [-0.1, -0.05) is 18.2 Å². The van der Waals surface area contributed by atoms with Gasteiger partial charge in [-0.05, 0) is 12.1 Å². The van der Waals surface area contributed by atoms with Crippen molar-refractivity contribution in [3.8, 4) is 0 Å². The molecule has 1 aromatic carbocycles. The molecule has 1 aliphatic heterocycles. The average molecular weight is 274 g/mol. The summed E-state index contributed by atoms with van der Waals surface area (Å²) in [4.78, 5) is 11.6. The van der Waals surface area contributed by atoms with Crippen LogP contribution in [-0.4, -0.2) is 12.5 Å². The lowest BCUT2D eigenvalue weighted by Gasteiger charge is -2.24. The van der Waals surface area contributed by atoms with Crippen LogP contribution in [0.4, 0.5) is 5.69 Å². The smallest absolute Gasteiger partial charge is 0.319 e. The summed E-state index contributed by atoms with van der Waals surface area (Å²) in [5.41, 5.74) is 1.08. The van der Waals surface area contributed by atoms with E-state index < -0.39 is 0 Å². The van der Waals surface area contributed by atoms with Crippen molar-refractivity contribution in [1.29, 1.82) is 0 Å². The van der Waals surface area contributed by atoms with Crippen molar-refractivity contribution in [2.24, 2.45) is 0 Å². The first-order chi connectivity index (χ1) is 6.23. The molecule has 4 heteroatoms. The van der Waals surface area contributed by atoms with Gasteiger partial charge < -0.3 is 17.0 Å². The fourth-order valence-electron chi connectivity index (χ4n) is 1.77. The second-order valence-corrected chi connectivity index (χ2v) is 4.31. The molecule has 2 rings (SSSR count). The standard InChI is InChI=1S/C10H13NOP.BrH/c12-10-7-4-8-11(10,13)9-5-2-1-3-6-9;/h1-3,5-6H,4,7-8,13H2;1H/q+1;/p-1. The molecule has 1 fully saturated rings. The van der Waals surface area contributed by atoms with Crippen LogP contribution in [0, 0.1) is 0 Å². The molecule has 0 bridgehead atoms. The number of rotatable bonds is 1. The third-order valence-corrected chi connectivity index (χ3v) is 3.41. The minimum atomic E-state index is 0. The van der Waals surface area contributed by atoms with E-state index in [-0.39, 0.29) is 17.0 Å². The highest BCUT2D eigenvalue weighted by Gasteiger charge is 2.39.